The maximum atomic E-state index is 4.66. The first-order valence-electron chi connectivity index (χ1n) is 10.9. The third-order valence-electron chi connectivity index (χ3n) is 5.17. The summed E-state index contributed by atoms with van der Waals surface area (Å²) in [5.41, 5.74) is 5.25. The minimum atomic E-state index is 0.666. The van der Waals surface area contributed by atoms with Gasteiger partial charge >= 0.3 is 0 Å². The zero-order valence-electron chi connectivity index (χ0n) is 18.7. The largest absolute Gasteiger partial charge is 0.368 e. The van der Waals surface area contributed by atoms with Crippen molar-refractivity contribution in [3.05, 3.63) is 103 Å². The van der Waals surface area contributed by atoms with Crippen LogP contribution in [0.15, 0.2) is 102 Å². The van der Waals surface area contributed by atoms with Crippen LogP contribution in [-0.4, -0.2) is 23.2 Å². The first kappa shape index (κ1) is 22.9. The Morgan fingerprint density at radius 3 is 2.41 bits per heavy atom. The molecule has 0 saturated heterocycles. The average molecular weight is 423 g/mol. The Kier molecular flexibility index (Phi) is 8.70. The molecule has 0 aliphatic rings. The molecule has 32 heavy (non-hydrogen) atoms. The van der Waals surface area contributed by atoms with Crippen LogP contribution in [-0.2, 0) is 0 Å². The summed E-state index contributed by atoms with van der Waals surface area (Å²) >= 11 is 0. The van der Waals surface area contributed by atoms with Crippen molar-refractivity contribution in [2.75, 3.05) is 11.9 Å². The highest BCUT2D eigenvalue weighted by Gasteiger charge is 2.08. The molecule has 4 nitrogen and oxygen atoms in total. The number of nitrogens with one attached hydrogen (secondary N) is 1. The lowest BCUT2D eigenvalue weighted by Crippen LogP contribution is -2.05. The first-order chi connectivity index (χ1) is 15.8. The molecule has 3 rings (SSSR count). The summed E-state index contributed by atoms with van der Waals surface area (Å²) in [7, 11) is 0. The molecule has 1 aromatic heterocycles. The lowest BCUT2D eigenvalue weighted by atomic mass is 9.96. The normalized spacial score (nSPS) is 11.8. The zero-order valence-corrected chi connectivity index (χ0v) is 18.7. The Morgan fingerprint density at radius 1 is 1.03 bits per heavy atom. The second-order valence-corrected chi connectivity index (χ2v) is 7.31. The Bertz CT molecular complexity index is 1080. The van der Waals surface area contributed by atoms with Crippen molar-refractivity contribution < 1.29 is 0 Å². The third kappa shape index (κ3) is 6.11. The summed E-state index contributed by atoms with van der Waals surface area (Å²) < 4.78 is 0. The van der Waals surface area contributed by atoms with Crippen LogP contribution in [0, 0.1) is 0 Å². The molecule has 162 valence electrons. The van der Waals surface area contributed by atoms with Gasteiger partial charge in [0.05, 0.1) is 6.20 Å². The Hall–Kier alpha value is -3.79. The van der Waals surface area contributed by atoms with Crippen LogP contribution < -0.4 is 5.32 Å². The van der Waals surface area contributed by atoms with Gasteiger partial charge in [0.1, 0.15) is 5.69 Å². The van der Waals surface area contributed by atoms with Crippen LogP contribution >= 0.6 is 0 Å². The minimum Gasteiger partial charge on any atom is -0.368 e. The highest BCUT2D eigenvalue weighted by Crippen LogP contribution is 2.26. The summed E-state index contributed by atoms with van der Waals surface area (Å²) in [4.78, 5) is 13.1. The lowest BCUT2D eigenvalue weighted by molar-refractivity contribution is 0.777. The van der Waals surface area contributed by atoms with Gasteiger partial charge in [-0.05, 0) is 49.6 Å². The van der Waals surface area contributed by atoms with E-state index in [1.807, 2.05) is 49.4 Å². The van der Waals surface area contributed by atoms with Crippen LogP contribution in [0.1, 0.15) is 31.7 Å². The number of unbranched alkanes of at least 4 members (excludes halogenated alkanes) is 2. The molecule has 3 aromatic rings. The number of aromatic nitrogens is 2. The lowest BCUT2D eigenvalue weighted by Gasteiger charge is -2.11. The number of hydrogen-bond donors (Lipinski definition) is 1. The molecule has 0 bridgehead atoms. The smallest absolute Gasteiger partial charge is 0.161 e. The fourth-order valence-corrected chi connectivity index (χ4v) is 3.47. The van der Waals surface area contributed by atoms with E-state index in [2.05, 4.69) is 70.0 Å². The van der Waals surface area contributed by atoms with Crippen molar-refractivity contribution in [3.8, 4) is 11.4 Å². The molecule has 1 N–H and O–H groups in total. The van der Waals surface area contributed by atoms with Crippen LogP contribution in [0.25, 0.3) is 17.0 Å². The third-order valence-corrected chi connectivity index (χ3v) is 5.17. The van der Waals surface area contributed by atoms with Crippen molar-refractivity contribution in [3.63, 3.8) is 0 Å². The van der Waals surface area contributed by atoms with Crippen LogP contribution in [0.5, 0.6) is 0 Å². The topological polar surface area (TPSA) is 50.2 Å². The van der Waals surface area contributed by atoms with E-state index in [9.17, 15) is 0 Å². The van der Waals surface area contributed by atoms with E-state index < -0.39 is 0 Å². The number of hydrogen-bond acceptors (Lipinski definition) is 4. The fourth-order valence-electron chi connectivity index (χ4n) is 3.47. The van der Waals surface area contributed by atoms with Gasteiger partial charge < -0.3 is 5.32 Å². The van der Waals surface area contributed by atoms with Crippen molar-refractivity contribution in [1.82, 2.24) is 9.97 Å². The quantitative estimate of drug-likeness (QED) is 0.201. The standard InChI is InChI=1S/C28H30N4/c1-4-22(5-2)25(23-15-9-6-10-16-23)19-13-8-14-20-30-28-26(29-3)21-31-27(32-28)24-17-11-7-12-18-24/h4-7,9-12,15-19,21H,1,3,8,13-14,20H2,2H3,(H,30,31,32). The van der Waals surface area contributed by atoms with Gasteiger partial charge in [-0.25, -0.2) is 9.97 Å². The molecule has 4 heteroatoms. The number of benzene rings is 2. The highest BCUT2D eigenvalue weighted by atomic mass is 15.1. The van der Waals surface area contributed by atoms with Gasteiger partial charge in [0.25, 0.3) is 0 Å². The maximum absolute atomic E-state index is 4.66. The molecule has 0 radical (unpaired) electrons. The number of nitrogens with zero attached hydrogens (tertiary/aromatic N) is 3. The Balaban J connectivity index is 1.60. The Labute approximate surface area is 191 Å². The minimum absolute atomic E-state index is 0.666. The molecule has 1 heterocycles. The molecule has 0 spiro atoms. The number of aliphatic imine (C=N–C) groups is 1. The predicted octanol–water partition coefficient (Wildman–Crippen LogP) is 7.27. The van der Waals surface area contributed by atoms with Gasteiger partial charge in [-0.3, -0.25) is 4.99 Å². The predicted molar refractivity (Wildman–Crippen MR) is 137 cm³/mol. The van der Waals surface area contributed by atoms with Crippen molar-refractivity contribution in [2.45, 2.75) is 26.2 Å². The molecular weight excluding hydrogens is 392 g/mol. The molecule has 0 fully saturated rings. The monoisotopic (exact) mass is 422 g/mol. The van der Waals surface area contributed by atoms with Gasteiger partial charge in [-0.15, -0.1) is 0 Å². The van der Waals surface area contributed by atoms with Gasteiger partial charge in [0, 0.05) is 12.1 Å². The second kappa shape index (κ2) is 12.2. The zero-order chi connectivity index (χ0) is 22.6. The average Bonchev–Trinajstić information content (AvgIpc) is 2.86. The Morgan fingerprint density at radius 2 is 1.75 bits per heavy atom. The molecule has 2 aromatic carbocycles. The molecule has 0 saturated carbocycles. The number of allylic oxidation sites excluding steroid dienone is 5. The molecule has 0 unspecified atom stereocenters. The van der Waals surface area contributed by atoms with Crippen LogP contribution in [0.2, 0.25) is 0 Å². The van der Waals surface area contributed by atoms with Crippen molar-refractivity contribution >= 4 is 23.8 Å². The number of rotatable bonds is 11. The maximum Gasteiger partial charge on any atom is 0.161 e. The van der Waals surface area contributed by atoms with Crippen molar-refractivity contribution in [1.29, 1.82) is 0 Å². The van der Waals surface area contributed by atoms with Crippen molar-refractivity contribution in [2.24, 2.45) is 4.99 Å². The molecule has 0 aliphatic heterocycles. The summed E-state index contributed by atoms with van der Waals surface area (Å²) in [6.45, 7) is 10.5. The molecule has 0 amide bonds. The number of anilines is 1. The van der Waals surface area contributed by atoms with Gasteiger partial charge in [-0.1, -0.05) is 85.5 Å². The van der Waals surface area contributed by atoms with E-state index in [-0.39, 0.29) is 0 Å². The van der Waals surface area contributed by atoms with E-state index >= 15 is 0 Å². The first-order valence-corrected chi connectivity index (χ1v) is 10.9. The van der Waals surface area contributed by atoms with Gasteiger partial charge in [0.2, 0.25) is 0 Å². The highest BCUT2D eigenvalue weighted by molar-refractivity contribution is 5.81. The van der Waals surface area contributed by atoms with Crippen LogP contribution in [0.3, 0.4) is 0 Å². The van der Waals surface area contributed by atoms with E-state index in [1.54, 1.807) is 6.20 Å². The van der Waals surface area contributed by atoms with E-state index in [0.717, 1.165) is 42.8 Å². The molecular formula is C28H30N4. The SMILES string of the molecule is C=CC(=CC)C(=CCCCCNc1nc(-c2ccccc2)ncc1N=C)c1ccccc1. The molecule has 0 aliphatic carbocycles. The summed E-state index contributed by atoms with van der Waals surface area (Å²) in [5.74, 6) is 1.40. The van der Waals surface area contributed by atoms with E-state index in [1.165, 1.54) is 11.1 Å². The van der Waals surface area contributed by atoms with E-state index in [4.69, 9.17) is 0 Å². The second-order valence-electron chi connectivity index (χ2n) is 7.31. The molecule has 0 atom stereocenters. The van der Waals surface area contributed by atoms with E-state index in [0.29, 0.717) is 11.5 Å². The summed E-state index contributed by atoms with van der Waals surface area (Å²) in [6, 6.07) is 20.4. The summed E-state index contributed by atoms with van der Waals surface area (Å²) in [5, 5.41) is 3.41. The summed E-state index contributed by atoms with van der Waals surface area (Å²) in [6.07, 6.45) is 11.1. The van der Waals surface area contributed by atoms with Gasteiger partial charge in [0.15, 0.2) is 11.6 Å². The van der Waals surface area contributed by atoms with Crippen LogP contribution in [0.4, 0.5) is 11.5 Å². The fraction of sp³-hybridized carbons (Fsp3) is 0.179. The van der Waals surface area contributed by atoms with Gasteiger partial charge in [-0.2, -0.15) is 0 Å².